The minimum Gasteiger partial charge on any atom is -0.477 e. The standard InChI is InChI=1S/C9H7N3O5S/c1-18(16,17)9-11-2-4-6(13)5(8(14)15)3-10-7(4)12-9/h2-3H,1H3,(H,14,15)(H,10,11,12,13). The Hall–Kier alpha value is -2.29. The van der Waals surface area contributed by atoms with E-state index < -0.39 is 32.0 Å². The van der Waals surface area contributed by atoms with E-state index in [4.69, 9.17) is 5.11 Å². The van der Waals surface area contributed by atoms with Crippen LogP contribution in [0.25, 0.3) is 11.0 Å². The number of carbonyl (C=O) groups is 1. The summed E-state index contributed by atoms with van der Waals surface area (Å²) in [5.41, 5.74) is -1.25. The molecule has 18 heavy (non-hydrogen) atoms. The maximum atomic E-state index is 11.7. The highest BCUT2D eigenvalue weighted by Gasteiger charge is 2.16. The van der Waals surface area contributed by atoms with Crippen molar-refractivity contribution in [3.8, 4) is 0 Å². The van der Waals surface area contributed by atoms with Gasteiger partial charge in [0.05, 0.1) is 5.39 Å². The van der Waals surface area contributed by atoms with E-state index in [1.54, 1.807) is 0 Å². The number of H-pyrrole nitrogens is 1. The summed E-state index contributed by atoms with van der Waals surface area (Å²) in [6, 6.07) is 0. The lowest BCUT2D eigenvalue weighted by molar-refractivity contribution is 0.0695. The van der Waals surface area contributed by atoms with Crippen molar-refractivity contribution < 1.29 is 18.3 Å². The Morgan fingerprint density at radius 1 is 1.44 bits per heavy atom. The van der Waals surface area contributed by atoms with Crippen LogP contribution in [0.5, 0.6) is 0 Å². The molecular formula is C9H7N3O5S. The summed E-state index contributed by atoms with van der Waals surface area (Å²) >= 11 is 0. The number of aromatic nitrogens is 3. The maximum Gasteiger partial charge on any atom is 0.341 e. The number of aromatic amines is 1. The van der Waals surface area contributed by atoms with Crippen LogP contribution in [0.15, 0.2) is 22.3 Å². The first-order valence-corrected chi connectivity index (χ1v) is 6.51. The van der Waals surface area contributed by atoms with Gasteiger partial charge in [-0.3, -0.25) is 4.79 Å². The Balaban J connectivity index is 2.81. The molecule has 0 unspecified atom stereocenters. The summed E-state index contributed by atoms with van der Waals surface area (Å²) in [5.74, 6) is -1.38. The number of pyridine rings is 1. The molecule has 0 fully saturated rings. The lowest BCUT2D eigenvalue weighted by Gasteiger charge is -2.00. The normalized spacial score (nSPS) is 11.6. The van der Waals surface area contributed by atoms with Crippen molar-refractivity contribution in [3.05, 3.63) is 28.2 Å². The third kappa shape index (κ3) is 1.95. The highest BCUT2D eigenvalue weighted by Crippen LogP contribution is 2.07. The van der Waals surface area contributed by atoms with Gasteiger partial charge >= 0.3 is 5.97 Å². The van der Waals surface area contributed by atoms with Crippen LogP contribution in [0.4, 0.5) is 0 Å². The van der Waals surface area contributed by atoms with Gasteiger partial charge in [-0.2, -0.15) is 0 Å². The van der Waals surface area contributed by atoms with Gasteiger partial charge in [-0.15, -0.1) is 0 Å². The number of rotatable bonds is 2. The van der Waals surface area contributed by atoms with Crippen LogP contribution < -0.4 is 5.43 Å². The van der Waals surface area contributed by atoms with Crippen LogP contribution in [0.3, 0.4) is 0 Å². The highest BCUT2D eigenvalue weighted by molar-refractivity contribution is 7.90. The van der Waals surface area contributed by atoms with Crippen LogP contribution in [0.2, 0.25) is 0 Å². The SMILES string of the molecule is CS(=O)(=O)c1ncc2c(=O)c(C(=O)O)c[nH]c2n1. The molecule has 0 aliphatic rings. The number of aromatic carboxylic acids is 1. The maximum absolute atomic E-state index is 11.7. The number of fused-ring (bicyclic) bond motifs is 1. The Morgan fingerprint density at radius 2 is 2.11 bits per heavy atom. The van der Waals surface area contributed by atoms with Crippen LogP contribution in [-0.2, 0) is 9.84 Å². The Labute approximate surface area is 100 Å². The van der Waals surface area contributed by atoms with Gasteiger partial charge in [-0.25, -0.2) is 23.2 Å². The molecular weight excluding hydrogens is 262 g/mol. The third-order valence-corrected chi connectivity index (χ3v) is 3.03. The fraction of sp³-hybridized carbons (Fsp3) is 0.111. The zero-order chi connectivity index (χ0) is 13.5. The average molecular weight is 269 g/mol. The zero-order valence-electron chi connectivity index (χ0n) is 9.04. The fourth-order valence-corrected chi connectivity index (χ4v) is 1.83. The van der Waals surface area contributed by atoms with Crippen molar-refractivity contribution in [3.63, 3.8) is 0 Å². The van der Waals surface area contributed by atoms with E-state index in [1.165, 1.54) is 0 Å². The van der Waals surface area contributed by atoms with Gasteiger partial charge in [0, 0.05) is 18.6 Å². The lowest BCUT2D eigenvalue weighted by atomic mass is 10.2. The summed E-state index contributed by atoms with van der Waals surface area (Å²) in [5, 5.41) is 8.23. The van der Waals surface area contributed by atoms with Crippen molar-refractivity contribution in [2.75, 3.05) is 6.26 Å². The molecule has 0 spiro atoms. The molecule has 0 atom stereocenters. The molecule has 0 aliphatic carbocycles. The van der Waals surface area contributed by atoms with E-state index in [9.17, 15) is 18.0 Å². The molecule has 2 aromatic heterocycles. The van der Waals surface area contributed by atoms with Crippen molar-refractivity contribution in [2.24, 2.45) is 0 Å². The predicted molar refractivity (Wildman–Crippen MR) is 60.2 cm³/mol. The van der Waals surface area contributed by atoms with E-state index in [-0.39, 0.29) is 11.0 Å². The molecule has 0 aliphatic heterocycles. The monoisotopic (exact) mass is 269 g/mol. The number of nitrogens with one attached hydrogen (secondary N) is 1. The van der Waals surface area contributed by atoms with Crippen molar-refractivity contribution in [1.82, 2.24) is 15.0 Å². The topological polar surface area (TPSA) is 130 Å². The van der Waals surface area contributed by atoms with Gasteiger partial charge in [-0.05, 0) is 0 Å². The molecule has 2 rings (SSSR count). The van der Waals surface area contributed by atoms with Crippen molar-refractivity contribution >= 4 is 26.8 Å². The minimum absolute atomic E-state index is 0.0274. The third-order valence-electron chi connectivity index (χ3n) is 2.17. The zero-order valence-corrected chi connectivity index (χ0v) is 9.85. The second-order valence-electron chi connectivity index (χ2n) is 3.52. The predicted octanol–water partition coefficient (Wildman–Crippen LogP) is -0.580. The van der Waals surface area contributed by atoms with Gasteiger partial charge in [0.25, 0.3) is 0 Å². The summed E-state index contributed by atoms with van der Waals surface area (Å²) < 4.78 is 22.5. The first-order valence-electron chi connectivity index (χ1n) is 4.62. The van der Waals surface area contributed by atoms with Gasteiger partial charge in [0.15, 0.2) is 0 Å². The largest absolute Gasteiger partial charge is 0.477 e. The fourth-order valence-electron chi connectivity index (χ4n) is 1.33. The molecule has 8 nitrogen and oxygen atoms in total. The van der Waals surface area contributed by atoms with Crippen LogP contribution in [0.1, 0.15) is 10.4 Å². The average Bonchev–Trinajstić information content (AvgIpc) is 2.27. The van der Waals surface area contributed by atoms with Crippen molar-refractivity contribution in [1.29, 1.82) is 0 Å². The number of sulfone groups is 1. The second-order valence-corrected chi connectivity index (χ2v) is 5.43. The van der Waals surface area contributed by atoms with E-state index in [0.29, 0.717) is 0 Å². The number of carboxylic acid groups (broad SMARTS) is 1. The number of carboxylic acids is 1. The molecule has 0 saturated carbocycles. The van der Waals surface area contributed by atoms with Gasteiger partial charge < -0.3 is 10.1 Å². The van der Waals surface area contributed by atoms with Crippen molar-refractivity contribution in [2.45, 2.75) is 5.16 Å². The smallest absolute Gasteiger partial charge is 0.341 e. The summed E-state index contributed by atoms with van der Waals surface area (Å²) in [7, 11) is -3.59. The molecule has 0 aromatic carbocycles. The van der Waals surface area contributed by atoms with E-state index >= 15 is 0 Å². The molecule has 0 amide bonds. The number of nitrogens with zero attached hydrogens (tertiary/aromatic N) is 2. The minimum atomic E-state index is -3.59. The Morgan fingerprint density at radius 3 is 2.67 bits per heavy atom. The molecule has 2 aromatic rings. The van der Waals surface area contributed by atoms with Gasteiger partial charge in [0.2, 0.25) is 20.4 Å². The number of hydrogen-bond acceptors (Lipinski definition) is 6. The first kappa shape index (κ1) is 12.2. The first-order chi connectivity index (χ1) is 8.30. The van der Waals surface area contributed by atoms with E-state index in [2.05, 4.69) is 15.0 Å². The molecule has 0 radical (unpaired) electrons. The summed E-state index contributed by atoms with van der Waals surface area (Å²) in [4.78, 5) is 32.1. The quantitative estimate of drug-likeness (QED) is 0.697. The molecule has 2 heterocycles. The number of hydrogen-bond donors (Lipinski definition) is 2. The highest BCUT2D eigenvalue weighted by atomic mass is 32.2. The van der Waals surface area contributed by atoms with E-state index in [0.717, 1.165) is 18.6 Å². The van der Waals surface area contributed by atoms with Crippen LogP contribution in [-0.4, -0.2) is 40.7 Å². The van der Waals surface area contributed by atoms with Gasteiger partial charge in [-0.1, -0.05) is 0 Å². The summed E-state index contributed by atoms with van der Waals surface area (Å²) in [6.07, 6.45) is 2.88. The lowest BCUT2D eigenvalue weighted by Crippen LogP contribution is -2.17. The molecule has 0 bridgehead atoms. The van der Waals surface area contributed by atoms with E-state index in [1.807, 2.05) is 0 Å². The molecule has 0 saturated heterocycles. The molecule has 94 valence electrons. The van der Waals surface area contributed by atoms with Crippen LogP contribution in [0, 0.1) is 0 Å². The Kier molecular flexibility index (Phi) is 2.62. The Bertz CT molecular complexity index is 809. The second kappa shape index (κ2) is 3.88. The van der Waals surface area contributed by atoms with Crippen LogP contribution >= 0.6 is 0 Å². The molecule has 9 heteroatoms. The summed E-state index contributed by atoms with van der Waals surface area (Å²) in [6.45, 7) is 0. The van der Waals surface area contributed by atoms with Gasteiger partial charge in [0.1, 0.15) is 11.2 Å². The molecule has 2 N–H and O–H groups in total.